The Hall–Kier alpha value is -0.860. The van der Waals surface area contributed by atoms with Crippen LogP contribution < -0.4 is 5.32 Å². The van der Waals surface area contributed by atoms with E-state index in [4.69, 9.17) is 0 Å². The molecule has 2 fully saturated rings. The average molecular weight is 315 g/mol. The van der Waals surface area contributed by atoms with Gasteiger partial charge in [-0.2, -0.15) is 0 Å². The average Bonchev–Trinajstić information content (AvgIpc) is 2.56. The molecule has 1 N–H and O–H groups in total. The molecule has 0 amide bonds. The molecule has 0 radical (unpaired) electrons. The topological polar surface area (TPSA) is 15.3 Å². The first-order chi connectivity index (χ1) is 11.0. The fraction of sp³-hybridized carbons (Fsp3) is 0.714. The van der Waals surface area contributed by atoms with Crippen molar-refractivity contribution in [3.63, 3.8) is 0 Å². The predicted octanol–water partition coefficient (Wildman–Crippen LogP) is 4.41. The number of rotatable bonds is 3. The molecule has 0 atom stereocenters. The summed E-state index contributed by atoms with van der Waals surface area (Å²) in [7, 11) is 0. The molecule has 2 heteroatoms. The minimum atomic E-state index is 0.477. The highest BCUT2D eigenvalue weighted by molar-refractivity contribution is 5.31. The van der Waals surface area contributed by atoms with E-state index in [9.17, 15) is 0 Å². The Morgan fingerprint density at radius 2 is 1.65 bits per heavy atom. The predicted molar refractivity (Wildman–Crippen MR) is 98.7 cm³/mol. The first-order valence-electron chi connectivity index (χ1n) is 9.55. The zero-order chi connectivity index (χ0) is 16.3. The molecule has 23 heavy (non-hydrogen) atoms. The molecule has 2 nitrogen and oxygen atoms in total. The molecule has 2 aliphatic rings. The molecule has 1 aromatic carbocycles. The smallest absolute Gasteiger partial charge is 0.0237 e. The van der Waals surface area contributed by atoms with Gasteiger partial charge >= 0.3 is 0 Å². The van der Waals surface area contributed by atoms with Crippen LogP contribution in [0.5, 0.6) is 0 Å². The van der Waals surface area contributed by atoms with E-state index in [2.05, 4.69) is 55.3 Å². The van der Waals surface area contributed by atoms with Crippen LogP contribution in [0.1, 0.15) is 63.5 Å². The van der Waals surface area contributed by atoms with E-state index >= 15 is 0 Å². The molecule has 0 bridgehead atoms. The Morgan fingerprint density at radius 1 is 1.00 bits per heavy atom. The second-order valence-corrected chi connectivity index (χ2v) is 8.64. The highest BCUT2D eigenvalue weighted by Gasteiger charge is 2.30. The molecule has 1 saturated heterocycles. The second-order valence-electron chi connectivity index (χ2n) is 8.64. The third kappa shape index (κ3) is 4.36. The maximum absolute atomic E-state index is 3.46. The van der Waals surface area contributed by atoms with Gasteiger partial charge in [-0.25, -0.2) is 0 Å². The van der Waals surface area contributed by atoms with E-state index in [1.807, 2.05) is 0 Å². The summed E-state index contributed by atoms with van der Waals surface area (Å²) in [4.78, 5) is 2.61. The normalized spacial score (nSPS) is 27.1. The van der Waals surface area contributed by atoms with Crippen LogP contribution in [0.25, 0.3) is 0 Å². The van der Waals surface area contributed by atoms with E-state index in [1.54, 1.807) is 11.1 Å². The van der Waals surface area contributed by atoms with Gasteiger partial charge in [-0.1, -0.05) is 45.0 Å². The Bertz CT molecular complexity index is 489. The Kier molecular flexibility index (Phi) is 5.43. The van der Waals surface area contributed by atoms with Crippen molar-refractivity contribution in [1.82, 2.24) is 10.2 Å². The molecule has 1 saturated carbocycles. The van der Waals surface area contributed by atoms with Gasteiger partial charge < -0.3 is 5.32 Å². The van der Waals surface area contributed by atoms with Gasteiger partial charge in [-0.05, 0) is 54.1 Å². The molecule has 0 aromatic heterocycles. The van der Waals surface area contributed by atoms with Crippen LogP contribution >= 0.6 is 0 Å². The zero-order valence-corrected chi connectivity index (χ0v) is 15.3. The quantitative estimate of drug-likeness (QED) is 0.889. The van der Waals surface area contributed by atoms with Crippen LogP contribution in [-0.4, -0.2) is 31.1 Å². The van der Waals surface area contributed by atoms with Crippen LogP contribution in [0.4, 0.5) is 0 Å². The molecule has 0 unspecified atom stereocenters. The third-order valence-electron chi connectivity index (χ3n) is 6.05. The molecule has 1 aliphatic heterocycles. The summed E-state index contributed by atoms with van der Waals surface area (Å²) in [6.07, 6.45) is 5.55. The molecule has 128 valence electrons. The minimum Gasteiger partial charge on any atom is -0.314 e. The summed E-state index contributed by atoms with van der Waals surface area (Å²) in [6.45, 7) is 13.0. The largest absolute Gasteiger partial charge is 0.314 e. The van der Waals surface area contributed by atoms with Crippen molar-refractivity contribution in [1.29, 1.82) is 0 Å². The zero-order valence-electron chi connectivity index (χ0n) is 15.3. The Balaban J connectivity index is 1.66. The lowest BCUT2D eigenvalue weighted by Gasteiger charge is -2.38. The summed E-state index contributed by atoms with van der Waals surface area (Å²) < 4.78 is 0. The van der Waals surface area contributed by atoms with Gasteiger partial charge in [0.2, 0.25) is 0 Å². The molecule has 0 spiro atoms. The minimum absolute atomic E-state index is 0.477. The van der Waals surface area contributed by atoms with Crippen molar-refractivity contribution >= 4 is 0 Å². The van der Waals surface area contributed by atoms with E-state index in [0.29, 0.717) is 5.41 Å². The first-order valence-corrected chi connectivity index (χ1v) is 9.55. The van der Waals surface area contributed by atoms with E-state index < -0.39 is 0 Å². The first kappa shape index (κ1) is 17.0. The van der Waals surface area contributed by atoms with Crippen molar-refractivity contribution in [3.8, 4) is 0 Å². The van der Waals surface area contributed by atoms with Crippen LogP contribution in [0.15, 0.2) is 24.3 Å². The van der Waals surface area contributed by atoms with Crippen LogP contribution in [0.3, 0.4) is 0 Å². The van der Waals surface area contributed by atoms with Crippen molar-refractivity contribution in [2.75, 3.05) is 26.2 Å². The van der Waals surface area contributed by atoms with Crippen molar-refractivity contribution in [2.45, 2.75) is 58.9 Å². The summed E-state index contributed by atoms with van der Waals surface area (Å²) >= 11 is 0. The van der Waals surface area contributed by atoms with Gasteiger partial charge in [0.15, 0.2) is 0 Å². The van der Waals surface area contributed by atoms with Crippen molar-refractivity contribution in [3.05, 3.63) is 35.4 Å². The number of nitrogens with one attached hydrogen (secondary N) is 1. The van der Waals surface area contributed by atoms with E-state index in [1.165, 1.54) is 38.8 Å². The van der Waals surface area contributed by atoms with E-state index in [0.717, 1.165) is 31.5 Å². The van der Waals surface area contributed by atoms with Gasteiger partial charge in [0.1, 0.15) is 0 Å². The summed E-state index contributed by atoms with van der Waals surface area (Å²) in [6, 6.07) is 9.24. The standard InChI is InChI=1S/C21H34N2/c1-21(2,3)19-10-8-17(9-11-19)20-7-5-4-6-18(20)16-23-14-12-22-13-15-23/h4-7,17,19,22H,8-16H2,1-3H3. The summed E-state index contributed by atoms with van der Waals surface area (Å²) in [5, 5.41) is 3.46. The molecule has 1 aromatic rings. The number of piperazine rings is 1. The maximum Gasteiger partial charge on any atom is 0.0237 e. The van der Waals surface area contributed by atoms with Gasteiger partial charge in [0, 0.05) is 32.7 Å². The monoisotopic (exact) mass is 314 g/mol. The Labute approximate surface area is 142 Å². The lowest BCUT2D eigenvalue weighted by atomic mass is 9.68. The van der Waals surface area contributed by atoms with Crippen LogP contribution in [0, 0.1) is 11.3 Å². The fourth-order valence-corrected chi connectivity index (χ4v) is 4.46. The molecule has 1 heterocycles. The SMILES string of the molecule is CC(C)(C)C1CCC(c2ccccc2CN2CCNCC2)CC1. The van der Waals surface area contributed by atoms with Crippen LogP contribution in [-0.2, 0) is 6.54 Å². The summed E-state index contributed by atoms with van der Waals surface area (Å²) in [5.41, 5.74) is 3.69. The van der Waals surface area contributed by atoms with Gasteiger partial charge in [0.05, 0.1) is 0 Å². The highest BCUT2D eigenvalue weighted by atomic mass is 15.2. The second kappa shape index (κ2) is 7.36. The molecule has 1 aliphatic carbocycles. The van der Waals surface area contributed by atoms with E-state index in [-0.39, 0.29) is 0 Å². The number of hydrogen-bond acceptors (Lipinski definition) is 2. The lowest BCUT2D eigenvalue weighted by molar-refractivity contribution is 0.168. The third-order valence-corrected chi connectivity index (χ3v) is 6.05. The van der Waals surface area contributed by atoms with Gasteiger partial charge in [-0.3, -0.25) is 4.90 Å². The maximum atomic E-state index is 3.46. The van der Waals surface area contributed by atoms with Gasteiger partial charge in [0.25, 0.3) is 0 Å². The number of hydrogen-bond donors (Lipinski definition) is 1. The van der Waals surface area contributed by atoms with Crippen LogP contribution in [0.2, 0.25) is 0 Å². The molecular weight excluding hydrogens is 280 g/mol. The molecule has 3 rings (SSSR count). The highest BCUT2D eigenvalue weighted by Crippen LogP contribution is 2.43. The number of benzene rings is 1. The molecular formula is C21H34N2. The Morgan fingerprint density at radius 3 is 2.30 bits per heavy atom. The van der Waals surface area contributed by atoms with Crippen molar-refractivity contribution in [2.24, 2.45) is 11.3 Å². The van der Waals surface area contributed by atoms with Gasteiger partial charge in [-0.15, -0.1) is 0 Å². The lowest BCUT2D eigenvalue weighted by Crippen LogP contribution is -2.43. The summed E-state index contributed by atoms with van der Waals surface area (Å²) in [5.74, 6) is 1.69. The number of nitrogens with zero attached hydrogens (tertiary/aromatic N) is 1. The van der Waals surface area contributed by atoms with Crippen molar-refractivity contribution < 1.29 is 0 Å². The fourth-order valence-electron chi connectivity index (χ4n) is 4.46.